The molecule has 3 atom stereocenters. The minimum absolute atomic E-state index is 0.0305. The van der Waals surface area contributed by atoms with Crippen LogP contribution in [0.1, 0.15) is 20.3 Å². The van der Waals surface area contributed by atoms with Crippen molar-refractivity contribution in [3.8, 4) is 0 Å². The molecule has 1 rings (SSSR count). The molecule has 1 aromatic carbocycles. The van der Waals surface area contributed by atoms with Crippen LogP contribution in [-0.2, 0) is 13.3 Å². The second-order valence-corrected chi connectivity index (χ2v) is 13.8. The van der Waals surface area contributed by atoms with Crippen LogP contribution in [-0.4, -0.2) is 64.2 Å². The van der Waals surface area contributed by atoms with E-state index in [4.69, 9.17) is 13.3 Å². The molecule has 0 aliphatic carbocycles. The lowest BCUT2D eigenvalue weighted by atomic mass is 10.0. The first-order chi connectivity index (χ1) is 11.5. The van der Waals surface area contributed by atoms with Crippen LogP contribution < -0.4 is 5.19 Å². The molecule has 0 amide bonds. The maximum Gasteiger partial charge on any atom is 0.487 e. The SMILES string of the molecule is CO[Si](O)(CCCOCC(C)(O)C(C)O)O[Si](C)(C)c1ccccc1. The Bertz CT molecular complexity index is 509. The first kappa shape index (κ1) is 22.5. The summed E-state index contributed by atoms with van der Waals surface area (Å²) in [6, 6.07) is 10.3. The van der Waals surface area contributed by atoms with E-state index in [9.17, 15) is 15.0 Å². The largest absolute Gasteiger partial charge is 0.487 e. The predicted molar refractivity (Wildman–Crippen MR) is 102 cm³/mol. The Morgan fingerprint density at radius 2 is 1.80 bits per heavy atom. The maximum absolute atomic E-state index is 10.7. The van der Waals surface area contributed by atoms with Crippen LogP contribution in [0.15, 0.2) is 30.3 Å². The standard InChI is InChI=1S/C17H32O6Si2/c1-15(18)17(2,19)14-22-12-9-13-25(20,21-3)23-24(4,5)16-10-7-6-8-11-16/h6-8,10-11,15,18-20H,9,12-14H2,1-5H3. The first-order valence-electron chi connectivity index (χ1n) is 8.54. The molecule has 25 heavy (non-hydrogen) atoms. The minimum atomic E-state index is -3.29. The van der Waals surface area contributed by atoms with Crippen LogP contribution in [0.4, 0.5) is 0 Å². The molecule has 0 saturated carbocycles. The average Bonchev–Trinajstić information content (AvgIpc) is 2.54. The van der Waals surface area contributed by atoms with E-state index in [0.717, 1.165) is 5.19 Å². The third kappa shape index (κ3) is 7.28. The van der Waals surface area contributed by atoms with Crippen molar-refractivity contribution in [1.82, 2.24) is 0 Å². The van der Waals surface area contributed by atoms with Crippen molar-refractivity contribution in [3.05, 3.63) is 30.3 Å². The van der Waals surface area contributed by atoms with E-state index in [2.05, 4.69) is 0 Å². The van der Waals surface area contributed by atoms with Crippen LogP contribution >= 0.6 is 0 Å². The number of rotatable bonds is 11. The van der Waals surface area contributed by atoms with Gasteiger partial charge in [-0.15, -0.1) is 0 Å². The number of hydrogen-bond acceptors (Lipinski definition) is 6. The summed E-state index contributed by atoms with van der Waals surface area (Å²) in [6.07, 6.45) is -0.329. The third-order valence-corrected chi connectivity index (χ3v) is 10.9. The smallest absolute Gasteiger partial charge is 0.411 e. The fraction of sp³-hybridized carbons (Fsp3) is 0.647. The molecular weight excluding hydrogens is 356 g/mol. The summed E-state index contributed by atoms with van der Waals surface area (Å²) in [5, 5.41) is 20.5. The van der Waals surface area contributed by atoms with Crippen molar-refractivity contribution in [1.29, 1.82) is 0 Å². The van der Waals surface area contributed by atoms with Crippen LogP contribution in [0, 0.1) is 0 Å². The van der Waals surface area contributed by atoms with Gasteiger partial charge in [-0.1, -0.05) is 30.3 Å². The summed E-state index contributed by atoms with van der Waals surface area (Å²) in [7, 11) is -4.09. The van der Waals surface area contributed by atoms with Crippen LogP contribution in [0.25, 0.3) is 0 Å². The van der Waals surface area contributed by atoms with E-state index < -0.39 is 28.8 Å². The van der Waals surface area contributed by atoms with Gasteiger partial charge < -0.3 is 28.3 Å². The molecule has 0 radical (unpaired) electrons. The monoisotopic (exact) mass is 388 g/mol. The van der Waals surface area contributed by atoms with Gasteiger partial charge in [0.05, 0.1) is 12.7 Å². The zero-order chi connectivity index (χ0) is 19.1. The van der Waals surface area contributed by atoms with Gasteiger partial charge in [-0.2, -0.15) is 0 Å². The molecule has 3 unspecified atom stereocenters. The second-order valence-electron chi connectivity index (χ2n) is 7.08. The lowest BCUT2D eigenvalue weighted by molar-refractivity contribution is -0.102. The highest BCUT2D eigenvalue weighted by Gasteiger charge is 2.42. The zero-order valence-electron chi connectivity index (χ0n) is 15.9. The quantitative estimate of drug-likeness (QED) is 0.390. The Balaban J connectivity index is 2.51. The van der Waals surface area contributed by atoms with Crippen molar-refractivity contribution in [2.45, 2.75) is 51.1 Å². The number of aliphatic hydroxyl groups excluding tert-OH is 1. The normalized spacial score (nSPS) is 18.4. The molecule has 0 saturated heterocycles. The fourth-order valence-electron chi connectivity index (χ4n) is 2.29. The molecule has 0 fully saturated rings. The Morgan fingerprint density at radius 1 is 1.20 bits per heavy atom. The summed E-state index contributed by atoms with van der Waals surface area (Å²) < 4.78 is 16.9. The Morgan fingerprint density at radius 3 is 2.32 bits per heavy atom. The number of ether oxygens (including phenoxy) is 1. The molecule has 1 aromatic rings. The van der Waals surface area contributed by atoms with Crippen molar-refractivity contribution in [2.75, 3.05) is 20.3 Å². The van der Waals surface area contributed by atoms with E-state index in [1.165, 1.54) is 21.0 Å². The van der Waals surface area contributed by atoms with Gasteiger partial charge in [-0.25, -0.2) is 0 Å². The molecule has 0 bridgehead atoms. The van der Waals surface area contributed by atoms with Gasteiger partial charge in [-0.3, -0.25) is 0 Å². The van der Waals surface area contributed by atoms with Crippen LogP contribution in [0.2, 0.25) is 19.1 Å². The van der Waals surface area contributed by atoms with Gasteiger partial charge in [-0.05, 0) is 38.5 Å². The molecular formula is C17H32O6Si2. The number of hydrogen-bond donors (Lipinski definition) is 3. The summed E-state index contributed by atoms with van der Waals surface area (Å²) in [5.41, 5.74) is -1.28. The van der Waals surface area contributed by atoms with E-state index in [1.54, 1.807) is 0 Å². The van der Waals surface area contributed by atoms with Gasteiger partial charge in [0.25, 0.3) is 0 Å². The lowest BCUT2D eigenvalue weighted by Crippen LogP contribution is -2.56. The Kier molecular flexibility index (Phi) is 8.42. The molecule has 0 heterocycles. The summed E-state index contributed by atoms with van der Waals surface area (Å²) >= 11 is 0. The summed E-state index contributed by atoms with van der Waals surface area (Å²) in [5.74, 6) is 0. The molecule has 0 aliphatic heterocycles. The van der Waals surface area contributed by atoms with E-state index in [-0.39, 0.29) is 6.61 Å². The van der Waals surface area contributed by atoms with E-state index in [0.29, 0.717) is 19.1 Å². The van der Waals surface area contributed by atoms with Crippen molar-refractivity contribution in [2.24, 2.45) is 0 Å². The predicted octanol–water partition coefficient (Wildman–Crippen LogP) is 1.23. The Labute approximate surface area is 152 Å². The molecule has 0 aliphatic rings. The lowest BCUT2D eigenvalue weighted by Gasteiger charge is -2.32. The van der Waals surface area contributed by atoms with E-state index in [1.807, 2.05) is 43.4 Å². The highest BCUT2D eigenvalue weighted by molar-refractivity contribution is 6.89. The molecule has 3 N–H and O–H groups in total. The topological polar surface area (TPSA) is 88.4 Å². The fourth-order valence-corrected chi connectivity index (χ4v) is 8.48. The number of aliphatic hydroxyl groups is 2. The van der Waals surface area contributed by atoms with Gasteiger partial charge in [0.2, 0.25) is 8.32 Å². The van der Waals surface area contributed by atoms with Crippen molar-refractivity contribution in [3.63, 3.8) is 0 Å². The van der Waals surface area contributed by atoms with Crippen molar-refractivity contribution >= 4 is 22.3 Å². The zero-order valence-corrected chi connectivity index (χ0v) is 17.9. The van der Waals surface area contributed by atoms with Gasteiger partial charge in [0.15, 0.2) is 0 Å². The molecule has 8 heteroatoms. The van der Waals surface area contributed by atoms with Gasteiger partial charge >= 0.3 is 8.80 Å². The van der Waals surface area contributed by atoms with E-state index >= 15 is 0 Å². The van der Waals surface area contributed by atoms with Crippen LogP contribution in [0.3, 0.4) is 0 Å². The summed E-state index contributed by atoms with van der Waals surface area (Å²) in [4.78, 5) is 10.7. The molecule has 0 spiro atoms. The van der Waals surface area contributed by atoms with Gasteiger partial charge in [0, 0.05) is 19.8 Å². The molecule has 144 valence electrons. The minimum Gasteiger partial charge on any atom is -0.411 e. The summed E-state index contributed by atoms with van der Waals surface area (Å²) in [6.45, 7) is 7.49. The average molecular weight is 389 g/mol. The second kappa shape index (κ2) is 9.38. The molecule has 0 aromatic heterocycles. The highest BCUT2D eigenvalue weighted by atomic mass is 28.5. The first-order valence-corrected chi connectivity index (χ1v) is 13.4. The highest BCUT2D eigenvalue weighted by Crippen LogP contribution is 2.19. The van der Waals surface area contributed by atoms with Gasteiger partial charge in [0.1, 0.15) is 5.60 Å². The maximum atomic E-state index is 10.7. The third-order valence-electron chi connectivity index (χ3n) is 4.28. The van der Waals surface area contributed by atoms with Crippen molar-refractivity contribution < 1.29 is 28.3 Å². The number of benzene rings is 1. The molecule has 6 nitrogen and oxygen atoms in total. The Hall–Kier alpha value is -0.586. The van der Waals surface area contributed by atoms with Crippen LogP contribution in [0.5, 0.6) is 0 Å².